The van der Waals surface area contributed by atoms with Crippen molar-refractivity contribution in [2.75, 3.05) is 0 Å². The van der Waals surface area contributed by atoms with E-state index in [2.05, 4.69) is 30.1 Å². The van der Waals surface area contributed by atoms with Crippen molar-refractivity contribution in [3.05, 3.63) is 80.3 Å². The van der Waals surface area contributed by atoms with E-state index in [0.29, 0.717) is 5.02 Å². The molecule has 0 saturated carbocycles. The van der Waals surface area contributed by atoms with Gasteiger partial charge in [-0.1, -0.05) is 0 Å². The average molecular weight is 406 g/mol. The third-order valence-electron chi connectivity index (χ3n) is 3.79. The molecule has 0 amide bonds. The molecule has 0 saturated heterocycles. The van der Waals surface area contributed by atoms with E-state index in [1.807, 2.05) is 36.4 Å². The molecule has 0 radical (unpaired) electrons. The van der Waals surface area contributed by atoms with Gasteiger partial charge < -0.3 is 0 Å². The number of benzene rings is 2. The molecule has 3 rings (SSSR count). The summed E-state index contributed by atoms with van der Waals surface area (Å²) in [6.45, 7) is 0. The third kappa shape index (κ3) is 3.55. The van der Waals surface area contributed by atoms with E-state index in [9.17, 15) is 5.26 Å². The molecule has 1 unspecified atom stereocenters. The van der Waals surface area contributed by atoms with Gasteiger partial charge in [-0.3, -0.25) is 0 Å². The van der Waals surface area contributed by atoms with Gasteiger partial charge in [-0.15, -0.1) is 0 Å². The third-order valence-corrected chi connectivity index (χ3v) is 7.83. The van der Waals surface area contributed by atoms with Crippen LogP contribution in [-0.4, -0.2) is 13.9 Å². The van der Waals surface area contributed by atoms with Gasteiger partial charge in [0.25, 0.3) is 0 Å². The van der Waals surface area contributed by atoms with Crippen molar-refractivity contribution < 1.29 is 0 Å². The summed E-state index contributed by atoms with van der Waals surface area (Å²) < 4.78 is 0.938. The zero-order valence-electron chi connectivity index (χ0n) is 12.5. The van der Waals surface area contributed by atoms with Crippen molar-refractivity contribution >= 4 is 48.2 Å². The molecule has 114 valence electrons. The first-order valence-electron chi connectivity index (χ1n) is 7.08. The van der Waals surface area contributed by atoms with E-state index >= 15 is 0 Å². The van der Waals surface area contributed by atoms with Crippen LogP contribution in [0.5, 0.6) is 0 Å². The van der Waals surface area contributed by atoms with Crippen LogP contribution in [0.1, 0.15) is 11.1 Å². The summed E-state index contributed by atoms with van der Waals surface area (Å²) in [5.74, 6) is 2.21. The summed E-state index contributed by atoms with van der Waals surface area (Å²) in [6, 6.07) is 18.1. The Morgan fingerprint density at radius 3 is 1.96 bits per heavy atom. The van der Waals surface area contributed by atoms with Crippen LogP contribution in [0, 0.1) is 11.3 Å². The van der Waals surface area contributed by atoms with Crippen molar-refractivity contribution in [3.8, 4) is 6.07 Å². The summed E-state index contributed by atoms with van der Waals surface area (Å²) in [5.41, 5.74) is 4.66. The second-order valence-corrected chi connectivity index (χ2v) is 10.4. The zero-order chi connectivity index (χ0) is 16.4. The van der Waals surface area contributed by atoms with E-state index in [1.54, 1.807) is 0 Å². The van der Waals surface area contributed by atoms with Crippen molar-refractivity contribution in [2.45, 2.75) is 11.1 Å². The number of halogens is 2. The number of rotatable bonds is 2. The molecule has 0 bridgehead atoms. The van der Waals surface area contributed by atoms with Gasteiger partial charge in [0.15, 0.2) is 0 Å². The van der Waals surface area contributed by atoms with Gasteiger partial charge in [0.2, 0.25) is 0 Å². The Hall–Kier alpha value is -1.49. The molecule has 0 aromatic heterocycles. The molecule has 2 aromatic rings. The Morgan fingerprint density at radius 1 is 0.913 bits per heavy atom. The predicted octanol–water partition coefficient (Wildman–Crippen LogP) is 6.03. The first-order valence-corrected chi connectivity index (χ1v) is 11.6. The van der Waals surface area contributed by atoms with Crippen LogP contribution < -0.4 is 0 Å². The topological polar surface area (TPSA) is 23.8 Å². The number of nitriles is 1. The summed E-state index contributed by atoms with van der Waals surface area (Å²) in [4.78, 5) is 0. The van der Waals surface area contributed by atoms with Gasteiger partial charge in [0, 0.05) is 0 Å². The van der Waals surface area contributed by atoms with Crippen LogP contribution >= 0.6 is 23.2 Å². The fourth-order valence-corrected chi connectivity index (χ4v) is 5.74. The number of nitrogens with zero attached hydrogens (tertiary/aromatic N) is 1. The Morgan fingerprint density at radius 2 is 1.43 bits per heavy atom. The molecule has 0 N–H and O–H groups in total. The fraction of sp³-hybridized carbons (Fsp3) is 0.105. The second kappa shape index (κ2) is 6.95. The molecule has 1 nitrogen and oxygen atoms in total. The first-order chi connectivity index (χ1) is 11.1. The minimum absolute atomic E-state index is 0.712. The van der Waals surface area contributed by atoms with Gasteiger partial charge in [0.05, 0.1) is 0 Å². The second-order valence-electron chi connectivity index (χ2n) is 5.31. The first kappa shape index (κ1) is 16.4. The predicted molar refractivity (Wildman–Crippen MR) is 99.8 cm³/mol. The van der Waals surface area contributed by atoms with Crippen LogP contribution in [0.3, 0.4) is 0 Å². The molecule has 1 aliphatic heterocycles. The minimum atomic E-state index is -1.09. The quantitative estimate of drug-likeness (QED) is 0.559. The van der Waals surface area contributed by atoms with Crippen LogP contribution in [0.2, 0.25) is 21.2 Å². The molecule has 0 aliphatic carbocycles. The zero-order valence-corrected chi connectivity index (χ0v) is 15.7. The molecule has 1 atom stereocenters. The average Bonchev–Trinajstić information content (AvgIpc) is 2.56. The number of hydrogen-bond donors (Lipinski definition) is 0. The normalized spacial score (nSPS) is 17.7. The molecule has 0 fully saturated rings. The van der Waals surface area contributed by atoms with Gasteiger partial charge in [-0.2, -0.15) is 0 Å². The van der Waals surface area contributed by atoms with Gasteiger partial charge in [0.1, 0.15) is 0 Å². The molecule has 1 aliphatic rings. The molecule has 0 spiro atoms. The van der Waals surface area contributed by atoms with E-state index in [0.717, 1.165) is 25.9 Å². The van der Waals surface area contributed by atoms with Gasteiger partial charge in [-0.05, 0) is 0 Å². The van der Waals surface area contributed by atoms with E-state index in [-0.39, 0.29) is 0 Å². The summed E-state index contributed by atoms with van der Waals surface area (Å²) in [5, 5.41) is 11.8. The molecule has 4 heteroatoms. The Kier molecular flexibility index (Phi) is 4.95. The van der Waals surface area contributed by atoms with Crippen molar-refractivity contribution in [3.63, 3.8) is 0 Å². The Labute approximate surface area is 150 Å². The fourth-order valence-electron chi connectivity index (χ4n) is 2.58. The summed E-state index contributed by atoms with van der Waals surface area (Å²) in [7, 11) is 0. The van der Waals surface area contributed by atoms with Crippen LogP contribution in [0.25, 0.3) is 11.1 Å². The van der Waals surface area contributed by atoms with Crippen molar-refractivity contribution in [1.82, 2.24) is 0 Å². The van der Waals surface area contributed by atoms with E-state index in [4.69, 9.17) is 23.2 Å². The Balaban J connectivity index is 2.19. The van der Waals surface area contributed by atoms with Crippen LogP contribution in [0.15, 0.2) is 59.1 Å². The van der Waals surface area contributed by atoms with Crippen LogP contribution in [-0.2, 0) is 0 Å². The van der Waals surface area contributed by atoms with E-state index < -0.39 is 13.9 Å². The summed E-state index contributed by atoms with van der Waals surface area (Å²) in [6.07, 6.45) is 2.06. The molecule has 1 heterocycles. The Bertz CT molecular complexity index is 827. The standard InChI is InChI=1S/C19H14Cl2NSe/c1-23-12-19(14-4-8-16(21)9-5-14)18(10-17(23)11-22)13-2-6-15(20)7-3-13/h2-10H,12H2,1H3/q+1. The summed E-state index contributed by atoms with van der Waals surface area (Å²) >= 11 is 10.9. The van der Waals surface area contributed by atoms with Crippen LogP contribution in [0.4, 0.5) is 0 Å². The molecule has 2 aromatic carbocycles. The monoisotopic (exact) mass is 406 g/mol. The molecule has 23 heavy (non-hydrogen) atoms. The maximum atomic E-state index is 9.42. The number of hydrogen-bond acceptors (Lipinski definition) is 1. The van der Waals surface area contributed by atoms with E-state index in [1.165, 1.54) is 11.1 Å². The number of allylic oxidation sites excluding steroid dienone is 4. The van der Waals surface area contributed by atoms with Gasteiger partial charge >= 0.3 is 151 Å². The maximum absolute atomic E-state index is 9.42. The molecular weight excluding hydrogens is 392 g/mol. The SMILES string of the molecule is C[Se+]1CC(c2ccc(Cl)cc2)=C(c2ccc(Cl)cc2)C=C1C#N. The van der Waals surface area contributed by atoms with Gasteiger partial charge in [-0.25, -0.2) is 0 Å². The van der Waals surface area contributed by atoms with Crippen molar-refractivity contribution in [1.29, 1.82) is 5.26 Å². The van der Waals surface area contributed by atoms with Crippen molar-refractivity contribution in [2.24, 2.45) is 0 Å². The molecular formula is C19H14Cl2NSe+.